The highest BCUT2D eigenvalue weighted by molar-refractivity contribution is 5.24. The van der Waals surface area contributed by atoms with Gasteiger partial charge in [-0.2, -0.15) is 13.2 Å². The van der Waals surface area contributed by atoms with Gasteiger partial charge in [0, 0.05) is 19.6 Å². The van der Waals surface area contributed by atoms with E-state index in [4.69, 9.17) is 0 Å². The summed E-state index contributed by atoms with van der Waals surface area (Å²) >= 11 is 0. The number of fused-ring (bicyclic) bond motifs is 1. The molecule has 1 nitrogen and oxygen atoms in total. The number of halogens is 3. The van der Waals surface area contributed by atoms with E-state index in [-0.39, 0.29) is 0 Å². The smallest absolute Gasteiger partial charge is 0.298 e. The van der Waals surface area contributed by atoms with Gasteiger partial charge in [-0.25, -0.2) is 0 Å². The fourth-order valence-corrected chi connectivity index (χ4v) is 3.30. The van der Waals surface area contributed by atoms with Crippen LogP contribution in [0.3, 0.4) is 0 Å². The summed E-state index contributed by atoms with van der Waals surface area (Å²) in [4.78, 5) is 2.37. The molecule has 0 amide bonds. The molecular formula is C16H18F3N. The molecule has 2 atom stereocenters. The lowest BCUT2D eigenvalue weighted by atomic mass is 9.86. The lowest BCUT2D eigenvalue weighted by Gasteiger charge is -2.18. The second kappa shape index (κ2) is 5.24. The zero-order valence-electron chi connectivity index (χ0n) is 11.2. The van der Waals surface area contributed by atoms with Crippen molar-refractivity contribution in [1.29, 1.82) is 0 Å². The molecule has 0 saturated carbocycles. The minimum absolute atomic E-state index is 0.569. The predicted molar refractivity (Wildman–Crippen MR) is 72.1 cm³/mol. The summed E-state index contributed by atoms with van der Waals surface area (Å²) in [7, 11) is 0. The zero-order chi connectivity index (χ0) is 14.2. The van der Waals surface area contributed by atoms with Crippen LogP contribution in [0.5, 0.6) is 0 Å². The summed E-state index contributed by atoms with van der Waals surface area (Å²) in [6.45, 7) is 2.89. The first kappa shape index (κ1) is 13.7. The topological polar surface area (TPSA) is 3.24 Å². The van der Waals surface area contributed by atoms with E-state index in [2.05, 4.69) is 17.1 Å². The van der Waals surface area contributed by atoms with Crippen molar-refractivity contribution in [3.8, 4) is 0 Å². The van der Waals surface area contributed by atoms with Crippen LogP contribution in [0.25, 0.3) is 0 Å². The second-order valence-corrected chi connectivity index (χ2v) is 5.85. The number of likely N-dealkylation sites (tertiary alicyclic amines) is 1. The van der Waals surface area contributed by atoms with Crippen LogP contribution in [0.2, 0.25) is 0 Å². The Kier molecular flexibility index (Phi) is 3.59. The van der Waals surface area contributed by atoms with Gasteiger partial charge in [-0.1, -0.05) is 24.3 Å². The molecule has 0 aromatic heterocycles. The molecule has 1 aromatic rings. The molecule has 4 heteroatoms. The molecule has 0 spiro atoms. The molecule has 2 aliphatic rings. The molecule has 1 aliphatic carbocycles. The molecule has 0 radical (unpaired) electrons. The quantitative estimate of drug-likeness (QED) is 0.738. The molecule has 108 valence electrons. The lowest BCUT2D eigenvalue weighted by Crippen LogP contribution is -2.20. The van der Waals surface area contributed by atoms with E-state index in [1.54, 1.807) is 12.1 Å². The summed E-state index contributed by atoms with van der Waals surface area (Å²) in [5.74, 6) is 1.46. The van der Waals surface area contributed by atoms with Gasteiger partial charge in [0.05, 0.1) is 5.56 Å². The second-order valence-electron chi connectivity index (χ2n) is 5.85. The Labute approximate surface area is 117 Å². The van der Waals surface area contributed by atoms with Crippen molar-refractivity contribution in [2.45, 2.75) is 25.6 Å². The van der Waals surface area contributed by atoms with Crippen LogP contribution in [-0.2, 0) is 12.7 Å². The van der Waals surface area contributed by atoms with Gasteiger partial charge in [-0.3, -0.25) is 4.90 Å². The van der Waals surface area contributed by atoms with Crippen molar-refractivity contribution < 1.29 is 13.2 Å². The average Bonchev–Trinajstić information content (AvgIpc) is 2.80. The van der Waals surface area contributed by atoms with Crippen LogP contribution in [0.1, 0.15) is 24.0 Å². The number of rotatable bonds is 2. The SMILES string of the molecule is FC(F)(F)c1ccc(CN2C[C@H]3CC=CC[C@H]3C2)cc1. The molecule has 1 aromatic carbocycles. The van der Waals surface area contributed by atoms with Crippen molar-refractivity contribution >= 4 is 0 Å². The molecule has 1 heterocycles. The van der Waals surface area contributed by atoms with Gasteiger partial charge in [0.15, 0.2) is 0 Å². The highest BCUT2D eigenvalue weighted by Crippen LogP contribution is 2.34. The normalized spacial score (nSPS) is 26.8. The highest BCUT2D eigenvalue weighted by atomic mass is 19.4. The van der Waals surface area contributed by atoms with Gasteiger partial charge < -0.3 is 0 Å². The maximum absolute atomic E-state index is 12.5. The van der Waals surface area contributed by atoms with E-state index in [1.807, 2.05) is 0 Å². The summed E-state index contributed by atoms with van der Waals surface area (Å²) in [5.41, 5.74) is 0.394. The van der Waals surface area contributed by atoms with Gasteiger partial charge in [0.2, 0.25) is 0 Å². The number of alkyl halides is 3. The number of allylic oxidation sites excluding steroid dienone is 2. The first-order valence-electron chi connectivity index (χ1n) is 7.06. The van der Waals surface area contributed by atoms with Crippen molar-refractivity contribution in [2.75, 3.05) is 13.1 Å². The molecule has 3 rings (SSSR count). The van der Waals surface area contributed by atoms with E-state index < -0.39 is 11.7 Å². The lowest BCUT2D eigenvalue weighted by molar-refractivity contribution is -0.137. The summed E-state index contributed by atoms with van der Waals surface area (Å²) in [5, 5.41) is 0. The van der Waals surface area contributed by atoms with Gasteiger partial charge in [0.1, 0.15) is 0 Å². The Morgan fingerprint density at radius 1 is 0.950 bits per heavy atom. The van der Waals surface area contributed by atoms with E-state index in [0.717, 1.165) is 49.9 Å². The minimum atomic E-state index is -4.24. The number of nitrogens with zero attached hydrogens (tertiary/aromatic N) is 1. The third kappa shape index (κ3) is 2.90. The zero-order valence-corrected chi connectivity index (χ0v) is 11.2. The fraction of sp³-hybridized carbons (Fsp3) is 0.500. The van der Waals surface area contributed by atoms with Crippen LogP contribution in [0.4, 0.5) is 13.2 Å². The molecule has 0 bridgehead atoms. The van der Waals surface area contributed by atoms with Crippen LogP contribution in [0.15, 0.2) is 36.4 Å². The predicted octanol–water partition coefficient (Wildman–Crippen LogP) is 4.10. The largest absolute Gasteiger partial charge is 0.416 e. The van der Waals surface area contributed by atoms with Crippen molar-refractivity contribution in [3.05, 3.63) is 47.5 Å². The molecule has 0 unspecified atom stereocenters. The van der Waals surface area contributed by atoms with E-state index in [1.165, 1.54) is 12.1 Å². The number of hydrogen-bond donors (Lipinski definition) is 0. The van der Waals surface area contributed by atoms with Crippen molar-refractivity contribution in [2.24, 2.45) is 11.8 Å². The maximum Gasteiger partial charge on any atom is 0.416 e. The van der Waals surface area contributed by atoms with Crippen molar-refractivity contribution in [3.63, 3.8) is 0 Å². The maximum atomic E-state index is 12.5. The molecule has 20 heavy (non-hydrogen) atoms. The summed E-state index contributed by atoms with van der Waals surface area (Å²) in [6, 6.07) is 5.56. The molecule has 0 N–H and O–H groups in total. The van der Waals surface area contributed by atoms with Gasteiger partial charge in [-0.05, 0) is 42.4 Å². The molecular weight excluding hydrogens is 263 g/mol. The third-order valence-electron chi connectivity index (χ3n) is 4.38. The first-order chi connectivity index (χ1) is 9.52. The Bertz CT molecular complexity index is 473. The fourth-order valence-electron chi connectivity index (χ4n) is 3.30. The van der Waals surface area contributed by atoms with E-state index in [0.29, 0.717) is 0 Å². The highest BCUT2D eigenvalue weighted by Gasteiger charge is 2.33. The molecule has 1 aliphatic heterocycles. The average molecular weight is 281 g/mol. The van der Waals surface area contributed by atoms with Crippen LogP contribution >= 0.6 is 0 Å². The monoisotopic (exact) mass is 281 g/mol. The summed E-state index contributed by atoms with van der Waals surface area (Å²) in [6.07, 6.45) is 2.56. The van der Waals surface area contributed by atoms with Crippen LogP contribution in [0, 0.1) is 11.8 Å². The standard InChI is InChI=1S/C16H18F3N/c17-16(18,19)15-7-5-12(6-8-15)9-20-10-13-3-1-2-4-14(13)11-20/h1-2,5-8,13-14H,3-4,9-11H2/t13-,14+. The Balaban J connectivity index is 1.62. The van der Waals surface area contributed by atoms with Gasteiger partial charge >= 0.3 is 6.18 Å². The minimum Gasteiger partial charge on any atom is -0.298 e. The summed E-state index contributed by atoms with van der Waals surface area (Å²) < 4.78 is 37.5. The Morgan fingerprint density at radius 3 is 2.00 bits per heavy atom. The molecule has 1 saturated heterocycles. The molecule has 1 fully saturated rings. The first-order valence-corrected chi connectivity index (χ1v) is 7.06. The van der Waals surface area contributed by atoms with Gasteiger partial charge in [-0.15, -0.1) is 0 Å². The van der Waals surface area contributed by atoms with Crippen molar-refractivity contribution in [1.82, 2.24) is 4.90 Å². The van der Waals surface area contributed by atoms with E-state index in [9.17, 15) is 13.2 Å². The number of benzene rings is 1. The third-order valence-corrected chi connectivity index (χ3v) is 4.38. The van der Waals surface area contributed by atoms with Gasteiger partial charge in [0.25, 0.3) is 0 Å². The van der Waals surface area contributed by atoms with E-state index >= 15 is 0 Å². The van der Waals surface area contributed by atoms with Crippen LogP contribution < -0.4 is 0 Å². The Morgan fingerprint density at radius 2 is 1.50 bits per heavy atom. The van der Waals surface area contributed by atoms with Crippen LogP contribution in [-0.4, -0.2) is 18.0 Å². The Hall–Kier alpha value is -1.29. The number of hydrogen-bond acceptors (Lipinski definition) is 1.